The number of anilines is 2. The maximum atomic E-state index is 14.1. The van der Waals surface area contributed by atoms with E-state index in [4.69, 9.17) is 26.4 Å². The molecule has 2 aliphatic rings. The van der Waals surface area contributed by atoms with E-state index in [9.17, 15) is 37.9 Å². The fourth-order valence-electron chi connectivity index (χ4n) is 8.76. The van der Waals surface area contributed by atoms with E-state index in [1.807, 2.05) is 39.8 Å². The second-order valence-corrected chi connectivity index (χ2v) is 19.8. The number of β-amino-alcohol motifs (C(OH)–C–C–N with tert-alkyl or cyclic N) is 1. The molecule has 21 heteroatoms. The third-order valence-corrected chi connectivity index (χ3v) is 13.9. The monoisotopic (exact) mass is 1030 g/mol. The van der Waals surface area contributed by atoms with Crippen molar-refractivity contribution in [2.24, 2.45) is 5.92 Å². The van der Waals surface area contributed by atoms with Crippen LogP contribution in [0.4, 0.5) is 24.5 Å². The first kappa shape index (κ1) is 53.3. The number of amides is 3. The summed E-state index contributed by atoms with van der Waals surface area (Å²) in [5.74, 6) is -0.287. The Kier molecular flexibility index (Phi) is 17.0. The summed E-state index contributed by atoms with van der Waals surface area (Å²) in [4.78, 5) is 55.3. The molecule has 7 rings (SSSR count). The van der Waals surface area contributed by atoms with Crippen LogP contribution in [0.25, 0.3) is 10.4 Å². The van der Waals surface area contributed by atoms with E-state index in [0.29, 0.717) is 55.7 Å². The van der Waals surface area contributed by atoms with Gasteiger partial charge in [0, 0.05) is 50.0 Å². The number of aromatic nitrogens is 4. The number of nitriles is 1. The number of hydrogen-bond donors (Lipinski definition) is 2. The Bertz CT molecular complexity index is 2760. The average Bonchev–Trinajstić information content (AvgIpc) is 4.13. The van der Waals surface area contributed by atoms with Gasteiger partial charge >= 0.3 is 6.18 Å². The summed E-state index contributed by atoms with van der Waals surface area (Å²) in [5.41, 5.74) is 1.90. The third-order valence-electron chi connectivity index (χ3n) is 12.6. The van der Waals surface area contributed by atoms with Gasteiger partial charge in [-0.1, -0.05) is 19.9 Å². The summed E-state index contributed by atoms with van der Waals surface area (Å²) in [5, 5.41) is 27.3. The van der Waals surface area contributed by atoms with Gasteiger partial charge in [-0.25, -0.2) is 4.98 Å². The lowest BCUT2D eigenvalue weighted by molar-refractivity contribution is -0.142. The quantitative estimate of drug-likeness (QED) is 0.0526. The fraction of sp³-hybridized carbons (Fsp3) is 0.451. The number of nitrogens with zero attached hydrogens (tertiary/aromatic N) is 8. The molecule has 2 fully saturated rings. The molecule has 0 radical (unpaired) electrons. The predicted molar refractivity (Wildman–Crippen MR) is 268 cm³/mol. The Morgan fingerprint density at radius 2 is 1.65 bits per heavy atom. The van der Waals surface area contributed by atoms with Gasteiger partial charge in [-0.3, -0.25) is 28.9 Å². The van der Waals surface area contributed by atoms with Crippen LogP contribution in [0.1, 0.15) is 101 Å². The molecule has 5 aromatic rings. The fourth-order valence-corrected chi connectivity index (χ4v) is 10.1. The van der Waals surface area contributed by atoms with Gasteiger partial charge in [0.25, 0.3) is 5.91 Å². The summed E-state index contributed by atoms with van der Waals surface area (Å²) < 4.78 is 60.4. The van der Waals surface area contributed by atoms with Crippen LogP contribution in [0.2, 0.25) is 0 Å². The number of carbonyl (C=O) groups is 3. The van der Waals surface area contributed by atoms with Crippen LogP contribution in [0, 0.1) is 24.2 Å². The average molecular weight is 1030 g/mol. The van der Waals surface area contributed by atoms with Crippen LogP contribution < -0.4 is 24.6 Å². The number of hydrogen-bond acceptors (Lipinski definition) is 13. The molecule has 2 aliphatic heterocycles. The molecule has 5 heterocycles. The van der Waals surface area contributed by atoms with Crippen molar-refractivity contribution in [3.8, 4) is 28.0 Å². The van der Waals surface area contributed by atoms with Gasteiger partial charge in [0.15, 0.2) is 10.9 Å². The molecule has 0 spiro atoms. The maximum absolute atomic E-state index is 14.1. The molecule has 382 valence electrons. The SMILES string of the molecule is Cc1ncsc1-c1ccc([C@H](C)NC(=O)[C@@H]2C[C@@H](O)CN2C(=O)[C@H](C(C)C)n2cc(OCCCOCCCCCOc3ccc(N4C(=S)N(c5ccc(C#N)c(C(F)(F)F)c5)C(=O)C4(C)C)cc3)cn2)nc1. The lowest BCUT2D eigenvalue weighted by Crippen LogP contribution is -2.49. The highest BCUT2D eigenvalue weighted by Crippen LogP contribution is 2.40. The van der Waals surface area contributed by atoms with E-state index >= 15 is 0 Å². The number of carbonyl (C=O) groups excluding carboxylic acids is 3. The Labute approximate surface area is 425 Å². The number of alkyl halides is 3. The molecule has 2 aromatic carbocycles. The number of thiazole rings is 1. The van der Waals surface area contributed by atoms with E-state index < -0.39 is 53.0 Å². The number of likely N-dealkylation sites (tertiary alicyclic amines) is 1. The molecule has 3 amide bonds. The topological polar surface area (TPSA) is 188 Å². The van der Waals surface area contributed by atoms with Gasteiger partial charge in [-0.05, 0) is 114 Å². The first-order chi connectivity index (χ1) is 34.3. The molecule has 2 saturated heterocycles. The standard InChI is InChI=1S/C51H58F3N9O7S2/c1-31(2)44(47(66)60-28-38(64)24-43(60)46(65)59-32(3)42-18-12-35(26-56-42)45-33(4)57-30-72-45)61-29-40(27-58-61)70-22-10-20-68-19-8-7-9-21-69-39-16-14-36(15-17-39)63-49(71)62(48(67)50(63,5)6)37-13-11-34(25-55)41(23-37)51(52,53)54/h11-18,23,26-27,29-32,38,43-44,64H,7-10,19-22,24,28H2,1-6H3,(H,59,65)/t32-,38+,43-,44-/m0/s1. The number of rotatable bonds is 21. The summed E-state index contributed by atoms with van der Waals surface area (Å²) in [6.45, 7) is 12.8. The minimum Gasteiger partial charge on any atom is -0.494 e. The first-order valence-electron chi connectivity index (χ1n) is 23.7. The first-order valence-corrected chi connectivity index (χ1v) is 25.0. The van der Waals surface area contributed by atoms with Gasteiger partial charge in [0.1, 0.15) is 23.4 Å². The second kappa shape index (κ2) is 22.9. The number of ether oxygens (including phenoxy) is 3. The molecule has 2 N–H and O–H groups in total. The molecule has 0 saturated carbocycles. The van der Waals surface area contributed by atoms with E-state index in [2.05, 4.69) is 20.4 Å². The van der Waals surface area contributed by atoms with Crippen molar-refractivity contribution in [2.45, 2.75) is 110 Å². The number of aliphatic hydroxyl groups is 1. The zero-order chi connectivity index (χ0) is 51.9. The molecule has 0 bridgehead atoms. The predicted octanol–water partition coefficient (Wildman–Crippen LogP) is 8.59. The molecule has 72 heavy (non-hydrogen) atoms. The molecule has 4 atom stereocenters. The van der Waals surface area contributed by atoms with Crippen molar-refractivity contribution in [3.63, 3.8) is 0 Å². The Balaban J connectivity index is 0.796. The summed E-state index contributed by atoms with van der Waals surface area (Å²) in [6, 6.07) is 13.4. The highest BCUT2D eigenvalue weighted by Gasteiger charge is 2.51. The Hall–Kier alpha value is -6.47. The highest BCUT2D eigenvalue weighted by molar-refractivity contribution is 7.81. The van der Waals surface area contributed by atoms with E-state index in [1.165, 1.54) is 22.3 Å². The van der Waals surface area contributed by atoms with Gasteiger partial charge < -0.3 is 34.4 Å². The van der Waals surface area contributed by atoms with Crippen molar-refractivity contribution >= 4 is 57.8 Å². The molecule has 3 aromatic heterocycles. The lowest BCUT2D eigenvalue weighted by atomic mass is 10.0. The zero-order valence-electron chi connectivity index (χ0n) is 40.9. The smallest absolute Gasteiger partial charge is 0.417 e. The number of pyridine rings is 1. The second-order valence-electron chi connectivity index (χ2n) is 18.6. The van der Waals surface area contributed by atoms with Crippen molar-refractivity contribution in [1.29, 1.82) is 5.26 Å². The molecule has 16 nitrogen and oxygen atoms in total. The van der Waals surface area contributed by atoms with Crippen LogP contribution in [0.3, 0.4) is 0 Å². The summed E-state index contributed by atoms with van der Waals surface area (Å²) >= 11 is 7.17. The van der Waals surface area contributed by atoms with Gasteiger partial charge in [0.05, 0.1) is 82.4 Å². The maximum Gasteiger partial charge on any atom is 0.417 e. The largest absolute Gasteiger partial charge is 0.494 e. The van der Waals surface area contributed by atoms with Gasteiger partial charge in [0.2, 0.25) is 11.8 Å². The number of benzene rings is 2. The van der Waals surface area contributed by atoms with Crippen LogP contribution in [-0.2, 0) is 25.3 Å². The number of aliphatic hydroxyl groups excluding tert-OH is 1. The Morgan fingerprint density at radius 1 is 0.958 bits per heavy atom. The van der Waals surface area contributed by atoms with Crippen molar-refractivity contribution in [2.75, 3.05) is 42.8 Å². The van der Waals surface area contributed by atoms with Gasteiger partial charge in [-0.15, -0.1) is 11.3 Å². The zero-order valence-corrected chi connectivity index (χ0v) is 42.5. The van der Waals surface area contributed by atoms with Crippen molar-refractivity contribution in [1.82, 2.24) is 30.0 Å². The lowest BCUT2D eigenvalue weighted by Gasteiger charge is -2.30. The number of nitrogens with one attached hydrogen (secondary N) is 1. The third kappa shape index (κ3) is 12.1. The minimum absolute atomic E-state index is 0.00859. The minimum atomic E-state index is -4.79. The molecular weight excluding hydrogens is 972 g/mol. The molecule has 0 aliphatic carbocycles. The number of thiocarbonyl (C=S) groups is 1. The van der Waals surface area contributed by atoms with Gasteiger partial charge in [-0.2, -0.15) is 23.5 Å². The van der Waals surface area contributed by atoms with E-state index in [1.54, 1.807) is 77.9 Å². The number of aryl methyl sites for hydroxylation is 1. The summed E-state index contributed by atoms with van der Waals surface area (Å²) in [6.07, 6.45) is 2.56. The van der Waals surface area contributed by atoms with Crippen LogP contribution in [0.5, 0.6) is 11.5 Å². The van der Waals surface area contributed by atoms with Crippen molar-refractivity contribution in [3.05, 3.63) is 101 Å². The van der Waals surface area contributed by atoms with Crippen LogP contribution in [-0.4, -0.2) is 103 Å². The number of halogens is 3. The Morgan fingerprint density at radius 3 is 2.32 bits per heavy atom. The normalized spacial score (nSPS) is 17.6. The summed E-state index contributed by atoms with van der Waals surface area (Å²) in [7, 11) is 0. The van der Waals surface area contributed by atoms with Crippen LogP contribution in [0.15, 0.2) is 78.7 Å². The van der Waals surface area contributed by atoms with E-state index in [-0.39, 0.29) is 41.5 Å². The number of unbranched alkanes of at least 4 members (excludes halogenated alkanes) is 2. The van der Waals surface area contributed by atoms with Crippen molar-refractivity contribution < 1.29 is 46.9 Å². The highest BCUT2D eigenvalue weighted by atomic mass is 32.1. The molecule has 0 unspecified atom stereocenters. The molecular formula is C51H58F3N9O7S2. The van der Waals surface area contributed by atoms with E-state index in [0.717, 1.165) is 52.4 Å². The van der Waals surface area contributed by atoms with Crippen LogP contribution >= 0.6 is 23.6 Å².